The predicted molar refractivity (Wildman–Crippen MR) is 64.6 cm³/mol. The zero-order chi connectivity index (χ0) is 11.4. The van der Waals surface area contributed by atoms with Crippen LogP contribution in [0.2, 0.25) is 0 Å². The highest BCUT2D eigenvalue weighted by Gasteiger charge is 2.12. The van der Waals surface area contributed by atoms with Crippen molar-refractivity contribution >= 4 is 22.2 Å². The molecule has 0 aliphatic carbocycles. The summed E-state index contributed by atoms with van der Waals surface area (Å²) < 4.78 is 6.41. The SMILES string of the molecule is COc1c(C)cc(C)c(Br)c1CCC=O. The van der Waals surface area contributed by atoms with Crippen LogP contribution in [0.15, 0.2) is 10.5 Å². The van der Waals surface area contributed by atoms with E-state index in [-0.39, 0.29) is 0 Å². The van der Waals surface area contributed by atoms with E-state index in [9.17, 15) is 4.79 Å². The number of aldehydes is 1. The minimum absolute atomic E-state index is 0.526. The first-order valence-electron chi connectivity index (χ1n) is 4.88. The molecule has 0 aliphatic heterocycles. The summed E-state index contributed by atoms with van der Waals surface area (Å²) in [5.41, 5.74) is 3.37. The normalized spacial score (nSPS) is 10.1. The third kappa shape index (κ3) is 2.59. The first-order chi connectivity index (χ1) is 7.11. The van der Waals surface area contributed by atoms with E-state index >= 15 is 0 Å². The Labute approximate surface area is 98.8 Å². The van der Waals surface area contributed by atoms with Crippen LogP contribution in [0, 0.1) is 13.8 Å². The van der Waals surface area contributed by atoms with Gasteiger partial charge in [0.1, 0.15) is 12.0 Å². The quantitative estimate of drug-likeness (QED) is 0.786. The largest absolute Gasteiger partial charge is 0.496 e. The van der Waals surface area contributed by atoms with E-state index in [4.69, 9.17) is 4.74 Å². The molecule has 0 fully saturated rings. The molecule has 0 spiro atoms. The van der Waals surface area contributed by atoms with Gasteiger partial charge in [0.2, 0.25) is 0 Å². The molecule has 0 heterocycles. The van der Waals surface area contributed by atoms with E-state index in [2.05, 4.69) is 22.0 Å². The van der Waals surface area contributed by atoms with E-state index in [0.717, 1.165) is 34.1 Å². The Hall–Kier alpha value is -0.830. The fourth-order valence-corrected chi connectivity index (χ4v) is 2.23. The first-order valence-corrected chi connectivity index (χ1v) is 5.67. The van der Waals surface area contributed by atoms with E-state index < -0.39 is 0 Å². The van der Waals surface area contributed by atoms with Crippen LogP contribution in [-0.2, 0) is 11.2 Å². The molecule has 82 valence electrons. The number of rotatable bonds is 4. The lowest BCUT2D eigenvalue weighted by Gasteiger charge is -2.14. The van der Waals surface area contributed by atoms with Gasteiger partial charge >= 0.3 is 0 Å². The lowest BCUT2D eigenvalue weighted by atomic mass is 10.0. The van der Waals surface area contributed by atoms with Crippen molar-refractivity contribution in [1.29, 1.82) is 0 Å². The summed E-state index contributed by atoms with van der Waals surface area (Å²) in [5.74, 6) is 0.884. The Kier molecular flexibility index (Phi) is 4.33. The molecule has 0 unspecified atom stereocenters. The van der Waals surface area contributed by atoms with Crippen molar-refractivity contribution in [3.05, 3.63) is 27.2 Å². The smallest absolute Gasteiger partial charge is 0.126 e. The molecule has 0 aromatic heterocycles. The van der Waals surface area contributed by atoms with Crippen molar-refractivity contribution in [3.8, 4) is 5.75 Å². The van der Waals surface area contributed by atoms with E-state index in [0.29, 0.717) is 6.42 Å². The second-order valence-electron chi connectivity index (χ2n) is 3.54. The number of halogens is 1. The summed E-state index contributed by atoms with van der Waals surface area (Å²) in [7, 11) is 1.66. The van der Waals surface area contributed by atoms with E-state index in [1.165, 1.54) is 5.56 Å². The van der Waals surface area contributed by atoms with Crippen LogP contribution in [0.3, 0.4) is 0 Å². The van der Waals surface area contributed by atoms with Gasteiger partial charge in [0, 0.05) is 16.5 Å². The molecule has 0 atom stereocenters. The first kappa shape index (κ1) is 12.2. The number of benzene rings is 1. The molecule has 0 radical (unpaired) electrons. The summed E-state index contributed by atoms with van der Waals surface area (Å²) >= 11 is 3.54. The van der Waals surface area contributed by atoms with Gasteiger partial charge in [0.15, 0.2) is 0 Å². The molecule has 15 heavy (non-hydrogen) atoms. The number of ether oxygens (including phenoxy) is 1. The average molecular weight is 271 g/mol. The summed E-state index contributed by atoms with van der Waals surface area (Å²) in [6.45, 7) is 4.06. The van der Waals surface area contributed by atoms with Crippen molar-refractivity contribution in [1.82, 2.24) is 0 Å². The molecule has 1 aromatic carbocycles. The van der Waals surface area contributed by atoms with Crippen LogP contribution in [-0.4, -0.2) is 13.4 Å². The molecule has 0 N–H and O–H groups in total. The summed E-state index contributed by atoms with van der Waals surface area (Å²) in [6, 6.07) is 2.08. The molecular weight excluding hydrogens is 256 g/mol. The Balaban J connectivity index is 3.23. The van der Waals surface area contributed by atoms with Crippen LogP contribution >= 0.6 is 15.9 Å². The summed E-state index contributed by atoms with van der Waals surface area (Å²) in [4.78, 5) is 10.4. The van der Waals surface area contributed by atoms with Crippen LogP contribution < -0.4 is 4.74 Å². The van der Waals surface area contributed by atoms with Gasteiger partial charge in [0.25, 0.3) is 0 Å². The summed E-state index contributed by atoms with van der Waals surface area (Å²) in [5, 5.41) is 0. The molecule has 2 nitrogen and oxygen atoms in total. The zero-order valence-corrected chi connectivity index (χ0v) is 10.8. The van der Waals surface area contributed by atoms with Crippen LogP contribution in [0.1, 0.15) is 23.1 Å². The highest BCUT2D eigenvalue weighted by atomic mass is 79.9. The van der Waals surface area contributed by atoms with Crippen molar-refractivity contribution in [2.75, 3.05) is 7.11 Å². The van der Waals surface area contributed by atoms with Gasteiger partial charge in [-0.3, -0.25) is 0 Å². The molecular formula is C12H15BrO2. The number of hydrogen-bond donors (Lipinski definition) is 0. The van der Waals surface area contributed by atoms with Gasteiger partial charge in [0.05, 0.1) is 7.11 Å². The van der Waals surface area contributed by atoms with Gasteiger partial charge in [-0.2, -0.15) is 0 Å². The molecule has 1 rings (SSSR count). The third-order valence-electron chi connectivity index (χ3n) is 2.39. The van der Waals surface area contributed by atoms with E-state index in [1.54, 1.807) is 7.11 Å². The Morgan fingerprint density at radius 1 is 1.40 bits per heavy atom. The molecule has 1 aromatic rings. The van der Waals surface area contributed by atoms with Crippen LogP contribution in [0.4, 0.5) is 0 Å². The van der Waals surface area contributed by atoms with Crippen LogP contribution in [0.5, 0.6) is 5.75 Å². The van der Waals surface area contributed by atoms with E-state index in [1.807, 2.05) is 13.8 Å². The van der Waals surface area contributed by atoms with Crippen molar-refractivity contribution in [3.63, 3.8) is 0 Å². The fraction of sp³-hybridized carbons (Fsp3) is 0.417. The van der Waals surface area contributed by atoms with Gasteiger partial charge < -0.3 is 9.53 Å². The molecule has 0 bridgehead atoms. The number of aryl methyl sites for hydroxylation is 2. The predicted octanol–water partition coefficient (Wildman–Crippen LogP) is 3.21. The second-order valence-corrected chi connectivity index (χ2v) is 4.33. The Morgan fingerprint density at radius 2 is 2.07 bits per heavy atom. The average Bonchev–Trinajstić information content (AvgIpc) is 2.21. The third-order valence-corrected chi connectivity index (χ3v) is 3.50. The van der Waals surface area contributed by atoms with Gasteiger partial charge in [-0.25, -0.2) is 0 Å². The maximum atomic E-state index is 10.4. The van der Waals surface area contributed by atoms with Gasteiger partial charge in [-0.15, -0.1) is 0 Å². The maximum Gasteiger partial charge on any atom is 0.126 e. The fourth-order valence-electron chi connectivity index (χ4n) is 1.74. The van der Waals surface area contributed by atoms with Crippen molar-refractivity contribution < 1.29 is 9.53 Å². The lowest BCUT2D eigenvalue weighted by Crippen LogP contribution is -1.99. The lowest BCUT2D eigenvalue weighted by molar-refractivity contribution is -0.107. The number of methoxy groups -OCH3 is 1. The number of hydrogen-bond acceptors (Lipinski definition) is 2. The Bertz CT molecular complexity index is 372. The minimum Gasteiger partial charge on any atom is -0.496 e. The van der Waals surface area contributed by atoms with Crippen molar-refractivity contribution in [2.45, 2.75) is 26.7 Å². The van der Waals surface area contributed by atoms with Crippen molar-refractivity contribution in [2.24, 2.45) is 0 Å². The summed E-state index contributed by atoms with van der Waals surface area (Å²) in [6.07, 6.45) is 2.18. The second kappa shape index (κ2) is 5.31. The molecule has 0 saturated carbocycles. The topological polar surface area (TPSA) is 26.3 Å². The number of carbonyl (C=O) groups is 1. The number of carbonyl (C=O) groups excluding carboxylic acids is 1. The van der Waals surface area contributed by atoms with Gasteiger partial charge in [-0.05, 0) is 31.4 Å². The highest BCUT2D eigenvalue weighted by molar-refractivity contribution is 9.10. The maximum absolute atomic E-state index is 10.4. The Morgan fingerprint density at radius 3 is 2.60 bits per heavy atom. The minimum atomic E-state index is 0.526. The molecule has 3 heteroatoms. The zero-order valence-electron chi connectivity index (χ0n) is 9.26. The molecule has 0 saturated heterocycles. The molecule has 0 amide bonds. The monoisotopic (exact) mass is 270 g/mol. The van der Waals surface area contributed by atoms with Gasteiger partial charge in [-0.1, -0.05) is 22.0 Å². The van der Waals surface area contributed by atoms with Crippen LogP contribution in [0.25, 0.3) is 0 Å². The standard InChI is InChI=1S/C12H15BrO2/c1-8-7-9(2)12(15-3)10(11(8)13)5-4-6-14/h6-7H,4-5H2,1-3H3. The molecule has 0 aliphatic rings. The highest BCUT2D eigenvalue weighted by Crippen LogP contribution is 2.33.